The molecule has 0 aliphatic heterocycles. The van der Waals surface area contributed by atoms with E-state index in [1.54, 1.807) is 0 Å². The standard InChI is InChI=1S/C8H5Br2F2NO2/c9-4-1-3(15-8(11)12)2-5(10)6(4)7(13)14/h1-2,8H,(H2,13,14). The quantitative estimate of drug-likeness (QED) is 0.916. The summed E-state index contributed by atoms with van der Waals surface area (Å²) in [4.78, 5) is 10.9. The van der Waals surface area contributed by atoms with Gasteiger partial charge in [0.25, 0.3) is 5.91 Å². The van der Waals surface area contributed by atoms with Crippen LogP contribution in [0.3, 0.4) is 0 Å². The number of benzene rings is 1. The van der Waals surface area contributed by atoms with Crippen molar-refractivity contribution in [3.05, 3.63) is 26.6 Å². The summed E-state index contributed by atoms with van der Waals surface area (Å²) in [6.07, 6.45) is 0. The van der Waals surface area contributed by atoms with E-state index in [9.17, 15) is 13.6 Å². The third kappa shape index (κ3) is 3.13. The van der Waals surface area contributed by atoms with E-state index in [1.165, 1.54) is 12.1 Å². The van der Waals surface area contributed by atoms with Crippen LogP contribution in [0, 0.1) is 0 Å². The first-order chi connectivity index (χ1) is 6.91. The number of primary amides is 1. The molecule has 1 rings (SSSR count). The molecule has 82 valence electrons. The molecule has 0 spiro atoms. The third-order valence-corrected chi connectivity index (χ3v) is 2.74. The van der Waals surface area contributed by atoms with E-state index in [-0.39, 0.29) is 11.3 Å². The lowest BCUT2D eigenvalue weighted by molar-refractivity contribution is -0.0499. The van der Waals surface area contributed by atoms with Crippen molar-refractivity contribution in [1.82, 2.24) is 0 Å². The van der Waals surface area contributed by atoms with Crippen LogP contribution in [-0.2, 0) is 0 Å². The fourth-order valence-electron chi connectivity index (χ4n) is 0.956. The van der Waals surface area contributed by atoms with E-state index >= 15 is 0 Å². The Labute approximate surface area is 101 Å². The molecule has 0 unspecified atom stereocenters. The number of carbonyl (C=O) groups is 1. The Morgan fingerprint density at radius 2 is 1.80 bits per heavy atom. The Morgan fingerprint density at radius 3 is 2.13 bits per heavy atom. The zero-order valence-corrected chi connectivity index (χ0v) is 10.3. The van der Waals surface area contributed by atoms with E-state index in [0.29, 0.717) is 8.95 Å². The average molecular weight is 345 g/mol. The molecule has 0 radical (unpaired) electrons. The average Bonchev–Trinajstić information content (AvgIpc) is 1.99. The van der Waals surface area contributed by atoms with Gasteiger partial charge in [-0.25, -0.2) is 0 Å². The van der Waals surface area contributed by atoms with Crippen LogP contribution in [0.25, 0.3) is 0 Å². The first-order valence-electron chi connectivity index (χ1n) is 3.65. The molecule has 1 aromatic rings. The Kier molecular flexibility index (Phi) is 4.04. The van der Waals surface area contributed by atoms with Crippen LogP contribution in [0.1, 0.15) is 10.4 Å². The summed E-state index contributed by atoms with van der Waals surface area (Å²) in [6.45, 7) is -2.91. The second kappa shape index (κ2) is 4.89. The highest BCUT2D eigenvalue weighted by Crippen LogP contribution is 2.31. The maximum atomic E-state index is 11.9. The van der Waals surface area contributed by atoms with E-state index in [4.69, 9.17) is 5.73 Å². The lowest BCUT2D eigenvalue weighted by Crippen LogP contribution is -2.13. The Morgan fingerprint density at radius 1 is 1.33 bits per heavy atom. The van der Waals surface area contributed by atoms with Gasteiger partial charge in [0.1, 0.15) is 5.75 Å². The van der Waals surface area contributed by atoms with Crippen LogP contribution in [-0.4, -0.2) is 12.5 Å². The third-order valence-electron chi connectivity index (χ3n) is 1.49. The topological polar surface area (TPSA) is 52.3 Å². The molecular formula is C8H5Br2F2NO2. The molecule has 0 saturated heterocycles. The molecule has 0 aromatic heterocycles. The van der Waals surface area contributed by atoms with Gasteiger partial charge in [-0.2, -0.15) is 8.78 Å². The van der Waals surface area contributed by atoms with Crippen molar-refractivity contribution in [2.24, 2.45) is 5.73 Å². The van der Waals surface area contributed by atoms with Crippen LogP contribution in [0.5, 0.6) is 5.75 Å². The molecule has 0 aliphatic carbocycles. The molecule has 0 saturated carbocycles. The summed E-state index contributed by atoms with van der Waals surface area (Å²) in [5, 5.41) is 0. The van der Waals surface area contributed by atoms with Crippen LogP contribution in [0.2, 0.25) is 0 Å². The minimum atomic E-state index is -2.91. The maximum absolute atomic E-state index is 11.9. The van der Waals surface area contributed by atoms with Crippen LogP contribution in [0.4, 0.5) is 8.78 Å². The second-order valence-electron chi connectivity index (χ2n) is 2.50. The number of hydrogen-bond donors (Lipinski definition) is 1. The number of amides is 1. The highest BCUT2D eigenvalue weighted by molar-refractivity contribution is 9.11. The Balaban J connectivity index is 3.14. The molecule has 0 bridgehead atoms. The molecule has 0 aliphatic rings. The van der Waals surface area contributed by atoms with Crippen molar-refractivity contribution in [2.75, 3.05) is 0 Å². The summed E-state index contributed by atoms with van der Waals surface area (Å²) in [5.74, 6) is -0.730. The van der Waals surface area contributed by atoms with Gasteiger partial charge in [0.05, 0.1) is 5.56 Å². The largest absolute Gasteiger partial charge is 0.435 e. The summed E-state index contributed by atoms with van der Waals surface area (Å²) >= 11 is 6.07. The van der Waals surface area contributed by atoms with Crippen molar-refractivity contribution in [2.45, 2.75) is 6.61 Å². The van der Waals surface area contributed by atoms with E-state index in [0.717, 1.165) is 0 Å². The Hall–Kier alpha value is -0.690. The molecule has 3 nitrogen and oxygen atoms in total. The molecule has 15 heavy (non-hydrogen) atoms. The van der Waals surface area contributed by atoms with Gasteiger partial charge in [0.15, 0.2) is 0 Å². The molecule has 7 heteroatoms. The summed E-state index contributed by atoms with van der Waals surface area (Å²) in [5.41, 5.74) is 5.26. The highest BCUT2D eigenvalue weighted by atomic mass is 79.9. The predicted octanol–water partition coefficient (Wildman–Crippen LogP) is 2.91. The number of hydrogen-bond acceptors (Lipinski definition) is 2. The second-order valence-corrected chi connectivity index (χ2v) is 4.21. The van der Waals surface area contributed by atoms with Crippen LogP contribution < -0.4 is 10.5 Å². The van der Waals surface area contributed by atoms with Gasteiger partial charge in [-0.3, -0.25) is 4.79 Å². The van der Waals surface area contributed by atoms with E-state index < -0.39 is 12.5 Å². The molecule has 0 heterocycles. The van der Waals surface area contributed by atoms with Gasteiger partial charge >= 0.3 is 6.61 Å². The normalized spacial score (nSPS) is 10.5. The molecule has 0 atom stereocenters. The Bertz CT molecular complexity index is 375. The minimum absolute atomic E-state index is 0.0613. The monoisotopic (exact) mass is 343 g/mol. The fourth-order valence-corrected chi connectivity index (χ4v) is 2.49. The van der Waals surface area contributed by atoms with Gasteiger partial charge < -0.3 is 10.5 Å². The molecule has 1 amide bonds. The van der Waals surface area contributed by atoms with Crippen molar-refractivity contribution < 1.29 is 18.3 Å². The number of halogens is 4. The van der Waals surface area contributed by atoms with E-state index in [1.807, 2.05) is 0 Å². The van der Waals surface area contributed by atoms with Crippen molar-refractivity contribution in [1.29, 1.82) is 0 Å². The number of alkyl halides is 2. The van der Waals surface area contributed by atoms with Gasteiger partial charge in [0.2, 0.25) is 0 Å². The number of rotatable bonds is 3. The zero-order valence-electron chi connectivity index (χ0n) is 7.14. The smallest absolute Gasteiger partial charge is 0.387 e. The van der Waals surface area contributed by atoms with Crippen LogP contribution >= 0.6 is 31.9 Å². The SMILES string of the molecule is NC(=O)c1c(Br)cc(OC(F)F)cc1Br. The van der Waals surface area contributed by atoms with Crippen molar-refractivity contribution in [3.8, 4) is 5.75 Å². The molecular weight excluding hydrogens is 340 g/mol. The predicted molar refractivity (Wildman–Crippen MR) is 57.0 cm³/mol. The number of ether oxygens (including phenoxy) is 1. The first-order valence-corrected chi connectivity index (χ1v) is 5.24. The van der Waals surface area contributed by atoms with Crippen molar-refractivity contribution >= 4 is 37.8 Å². The fraction of sp³-hybridized carbons (Fsp3) is 0.125. The lowest BCUT2D eigenvalue weighted by atomic mass is 10.2. The van der Waals surface area contributed by atoms with Gasteiger partial charge in [-0.1, -0.05) is 0 Å². The summed E-state index contributed by atoms with van der Waals surface area (Å²) < 4.78 is 28.5. The minimum Gasteiger partial charge on any atom is -0.435 e. The van der Waals surface area contributed by atoms with Gasteiger partial charge in [-0.15, -0.1) is 0 Å². The van der Waals surface area contributed by atoms with Gasteiger partial charge in [-0.05, 0) is 44.0 Å². The molecule has 2 N–H and O–H groups in total. The summed E-state index contributed by atoms with van der Waals surface area (Å²) in [7, 11) is 0. The zero-order chi connectivity index (χ0) is 11.6. The maximum Gasteiger partial charge on any atom is 0.387 e. The first kappa shape index (κ1) is 12.4. The molecule has 1 aromatic carbocycles. The van der Waals surface area contributed by atoms with Gasteiger partial charge in [0, 0.05) is 8.95 Å². The van der Waals surface area contributed by atoms with Crippen molar-refractivity contribution in [3.63, 3.8) is 0 Å². The van der Waals surface area contributed by atoms with E-state index in [2.05, 4.69) is 36.6 Å². The van der Waals surface area contributed by atoms with Crippen LogP contribution in [0.15, 0.2) is 21.1 Å². The number of carbonyl (C=O) groups excluding carboxylic acids is 1. The summed E-state index contributed by atoms with van der Waals surface area (Å²) in [6, 6.07) is 2.49. The lowest BCUT2D eigenvalue weighted by Gasteiger charge is -2.08. The number of nitrogens with two attached hydrogens (primary N) is 1. The highest BCUT2D eigenvalue weighted by Gasteiger charge is 2.14. The molecule has 0 fully saturated rings.